The van der Waals surface area contributed by atoms with E-state index in [0.29, 0.717) is 10.9 Å². The summed E-state index contributed by atoms with van der Waals surface area (Å²) < 4.78 is 0.983. The number of hydrogen-bond donors (Lipinski definition) is 0. The van der Waals surface area contributed by atoms with Crippen LogP contribution >= 0.6 is 39.1 Å². The fourth-order valence-electron chi connectivity index (χ4n) is 1.94. The second kappa shape index (κ2) is 6.30. The van der Waals surface area contributed by atoms with Crippen LogP contribution in [0.25, 0.3) is 0 Å². The summed E-state index contributed by atoms with van der Waals surface area (Å²) in [6.07, 6.45) is 0. The molecule has 0 aliphatic rings. The molecule has 3 heteroatoms. The van der Waals surface area contributed by atoms with Gasteiger partial charge in [-0.3, -0.25) is 0 Å². The van der Waals surface area contributed by atoms with Crippen LogP contribution in [-0.2, 0) is 0 Å². The Morgan fingerprint density at radius 2 is 1.53 bits per heavy atom. The first-order valence-electron chi connectivity index (χ1n) is 6.18. The Bertz CT molecular complexity index is 561. The van der Waals surface area contributed by atoms with Crippen LogP contribution in [0.2, 0.25) is 5.02 Å². The smallest absolute Gasteiger partial charge is 0.0850 e. The molecular formula is C16H15BrCl2. The second-order valence-corrected chi connectivity index (χ2v) is 6.61. The molecule has 0 fully saturated rings. The molecule has 0 aliphatic heterocycles. The second-order valence-electron chi connectivity index (χ2n) is 4.85. The maximum atomic E-state index is 6.54. The Morgan fingerprint density at radius 1 is 0.947 bits per heavy atom. The molecule has 100 valence electrons. The van der Waals surface area contributed by atoms with Crippen LogP contribution in [0.3, 0.4) is 0 Å². The highest BCUT2D eigenvalue weighted by atomic mass is 79.9. The van der Waals surface area contributed by atoms with Gasteiger partial charge in [-0.1, -0.05) is 65.6 Å². The Labute approximate surface area is 132 Å². The number of hydrogen-bond acceptors (Lipinski definition) is 0. The zero-order valence-electron chi connectivity index (χ0n) is 10.8. The quantitative estimate of drug-likeness (QED) is 0.546. The van der Waals surface area contributed by atoms with Crippen molar-refractivity contribution in [2.75, 3.05) is 0 Å². The Hall–Kier alpha value is -0.500. The zero-order valence-corrected chi connectivity index (χ0v) is 13.9. The third kappa shape index (κ3) is 3.53. The molecule has 0 saturated carbocycles. The van der Waals surface area contributed by atoms with Crippen molar-refractivity contribution >= 4 is 39.1 Å². The van der Waals surface area contributed by atoms with Crippen molar-refractivity contribution in [3.8, 4) is 0 Å². The lowest BCUT2D eigenvalue weighted by atomic mass is 9.98. The largest absolute Gasteiger partial charge is 0.113 e. The summed E-state index contributed by atoms with van der Waals surface area (Å²) in [4.78, 5) is 0. The third-order valence-corrected chi connectivity index (χ3v) is 4.45. The van der Waals surface area contributed by atoms with Crippen LogP contribution in [0.15, 0.2) is 46.9 Å². The van der Waals surface area contributed by atoms with E-state index in [0.717, 1.165) is 15.6 Å². The molecule has 0 aromatic heterocycles. The summed E-state index contributed by atoms with van der Waals surface area (Å²) in [5.41, 5.74) is 3.30. The van der Waals surface area contributed by atoms with Crippen molar-refractivity contribution in [2.45, 2.75) is 25.1 Å². The maximum Gasteiger partial charge on any atom is 0.0850 e. The van der Waals surface area contributed by atoms with E-state index < -0.39 is 0 Å². The minimum absolute atomic E-state index is 0.230. The Balaban J connectivity index is 2.33. The number of alkyl halides is 1. The first-order valence-corrected chi connectivity index (χ1v) is 7.78. The molecular weight excluding hydrogens is 343 g/mol. The van der Waals surface area contributed by atoms with Gasteiger partial charge in [0.25, 0.3) is 0 Å². The van der Waals surface area contributed by atoms with Gasteiger partial charge in [-0.2, -0.15) is 0 Å². The summed E-state index contributed by atoms with van der Waals surface area (Å²) in [6.45, 7) is 4.36. The predicted octanol–water partition coefficient (Wildman–Crippen LogP) is 6.55. The van der Waals surface area contributed by atoms with Crippen LogP contribution < -0.4 is 0 Å². The maximum absolute atomic E-state index is 6.54. The summed E-state index contributed by atoms with van der Waals surface area (Å²) in [7, 11) is 0. The number of rotatable bonds is 3. The number of halogens is 3. The highest BCUT2D eigenvalue weighted by molar-refractivity contribution is 9.10. The van der Waals surface area contributed by atoms with Crippen LogP contribution in [0.1, 0.15) is 41.8 Å². The first kappa shape index (κ1) is 14.9. The molecule has 0 spiro atoms. The SMILES string of the molecule is CC(C)c1ccc(C(Cl)c2cc(Br)ccc2Cl)cc1. The van der Waals surface area contributed by atoms with E-state index in [4.69, 9.17) is 23.2 Å². The van der Waals surface area contributed by atoms with Crippen molar-refractivity contribution < 1.29 is 0 Å². The van der Waals surface area contributed by atoms with Gasteiger partial charge in [0.1, 0.15) is 0 Å². The topological polar surface area (TPSA) is 0 Å². The molecule has 1 unspecified atom stereocenters. The monoisotopic (exact) mass is 356 g/mol. The molecule has 0 saturated heterocycles. The minimum atomic E-state index is -0.230. The van der Waals surface area contributed by atoms with E-state index >= 15 is 0 Å². The third-order valence-electron chi connectivity index (χ3n) is 3.13. The Kier molecular flexibility index (Phi) is 4.94. The van der Waals surface area contributed by atoms with Gasteiger partial charge in [0.15, 0.2) is 0 Å². The number of benzene rings is 2. The first-order chi connectivity index (χ1) is 8.99. The van der Waals surface area contributed by atoms with Crippen LogP contribution in [-0.4, -0.2) is 0 Å². The van der Waals surface area contributed by atoms with E-state index in [1.165, 1.54) is 5.56 Å². The van der Waals surface area contributed by atoms with Crippen molar-refractivity contribution in [1.82, 2.24) is 0 Å². The van der Waals surface area contributed by atoms with Crippen molar-refractivity contribution in [2.24, 2.45) is 0 Å². The summed E-state index contributed by atoms with van der Waals surface area (Å²) in [5, 5.41) is 0.461. The molecule has 0 amide bonds. The Morgan fingerprint density at radius 3 is 2.11 bits per heavy atom. The molecule has 1 atom stereocenters. The van der Waals surface area contributed by atoms with Crippen molar-refractivity contribution in [3.05, 3.63) is 68.7 Å². The molecule has 0 heterocycles. The van der Waals surface area contributed by atoms with Crippen LogP contribution in [0.4, 0.5) is 0 Å². The standard InChI is InChI=1S/C16H15BrCl2/c1-10(2)11-3-5-12(6-4-11)16(19)14-9-13(17)7-8-15(14)18/h3-10,16H,1-2H3. The summed E-state index contributed by atoms with van der Waals surface area (Å²) in [6, 6.07) is 14.1. The van der Waals surface area contributed by atoms with Gasteiger partial charge in [0.2, 0.25) is 0 Å². The fraction of sp³-hybridized carbons (Fsp3) is 0.250. The lowest BCUT2D eigenvalue weighted by molar-refractivity contribution is 0.865. The van der Waals surface area contributed by atoms with E-state index in [-0.39, 0.29) is 5.38 Å². The molecule has 19 heavy (non-hydrogen) atoms. The average Bonchev–Trinajstić information content (AvgIpc) is 2.41. The average molecular weight is 358 g/mol. The van der Waals surface area contributed by atoms with Crippen molar-refractivity contribution in [1.29, 1.82) is 0 Å². The molecule has 2 rings (SSSR count). The van der Waals surface area contributed by atoms with E-state index in [9.17, 15) is 0 Å². The van der Waals surface area contributed by atoms with Gasteiger partial charge in [-0.05, 0) is 40.8 Å². The molecule has 0 aliphatic carbocycles. The summed E-state index contributed by atoms with van der Waals surface area (Å²) >= 11 is 16.2. The molecule has 0 nitrogen and oxygen atoms in total. The highest BCUT2D eigenvalue weighted by Gasteiger charge is 2.14. The highest BCUT2D eigenvalue weighted by Crippen LogP contribution is 2.35. The minimum Gasteiger partial charge on any atom is -0.113 e. The molecule has 0 bridgehead atoms. The normalized spacial score (nSPS) is 12.7. The van der Waals surface area contributed by atoms with Gasteiger partial charge in [-0.25, -0.2) is 0 Å². The van der Waals surface area contributed by atoms with Gasteiger partial charge in [-0.15, -0.1) is 11.6 Å². The molecule has 0 radical (unpaired) electrons. The van der Waals surface area contributed by atoms with E-state index in [1.54, 1.807) is 0 Å². The van der Waals surface area contributed by atoms with E-state index in [1.807, 2.05) is 18.2 Å². The van der Waals surface area contributed by atoms with Crippen LogP contribution in [0.5, 0.6) is 0 Å². The molecule has 2 aromatic rings. The van der Waals surface area contributed by atoms with Gasteiger partial charge in [0.05, 0.1) is 5.38 Å². The zero-order chi connectivity index (χ0) is 14.0. The lowest BCUT2D eigenvalue weighted by Crippen LogP contribution is -1.96. The van der Waals surface area contributed by atoms with Gasteiger partial charge in [0, 0.05) is 9.50 Å². The van der Waals surface area contributed by atoms with Crippen molar-refractivity contribution in [3.63, 3.8) is 0 Å². The predicted molar refractivity (Wildman–Crippen MR) is 87.4 cm³/mol. The van der Waals surface area contributed by atoms with Crippen LogP contribution in [0, 0.1) is 0 Å². The van der Waals surface area contributed by atoms with Gasteiger partial charge >= 0.3 is 0 Å². The van der Waals surface area contributed by atoms with Gasteiger partial charge < -0.3 is 0 Å². The lowest BCUT2D eigenvalue weighted by Gasteiger charge is -2.14. The summed E-state index contributed by atoms with van der Waals surface area (Å²) in [5.74, 6) is 0.525. The van der Waals surface area contributed by atoms with E-state index in [2.05, 4.69) is 54.0 Å². The molecule has 2 aromatic carbocycles. The molecule has 0 N–H and O–H groups in total. The fourth-order valence-corrected chi connectivity index (χ4v) is 2.93.